The van der Waals surface area contributed by atoms with E-state index in [4.69, 9.17) is 10.1 Å². The number of alkyl carbamates (subject to hydrolysis) is 1. The fourth-order valence-electron chi connectivity index (χ4n) is 2.17. The van der Waals surface area contributed by atoms with Crippen LogP contribution in [-0.4, -0.2) is 35.2 Å². The molecule has 1 aromatic carbocycles. The van der Waals surface area contributed by atoms with E-state index >= 15 is 0 Å². The fourth-order valence-corrected chi connectivity index (χ4v) is 3.04. The van der Waals surface area contributed by atoms with Gasteiger partial charge in [-0.05, 0) is 51.3 Å². The van der Waals surface area contributed by atoms with Gasteiger partial charge in [0, 0.05) is 4.90 Å². The summed E-state index contributed by atoms with van der Waals surface area (Å²) < 4.78 is 18.4. The third kappa shape index (κ3) is 7.58. The minimum Gasteiger partial charge on any atom is -0.447 e. The second-order valence-electron chi connectivity index (χ2n) is 6.93. The molecule has 2 unspecified atom stereocenters. The van der Waals surface area contributed by atoms with E-state index < -0.39 is 24.1 Å². The maximum absolute atomic E-state index is 13.4. The highest BCUT2D eigenvalue weighted by Gasteiger charge is 2.27. The molecule has 0 aromatic heterocycles. The quantitative estimate of drug-likeness (QED) is 0.370. The molecule has 6 nitrogen and oxygen atoms in total. The minimum atomic E-state index is -0.785. The summed E-state index contributed by atoms with van der Waals surface area (Å²) in [5.74, 6) is -0.941. The molecular weight excluding hydrogens is 369 g/mol. The maximum Gasteiger partial charge on any atom is 0.408 e. The first-order valence-corrected chi connectivity index (χ1v) is 9.62. The number of aryl methyl sites for hydroxylation is 1. The van der Waals surface area contributed by atoms with E-state index in [2.05, 4.69) is 10.6 Å². The van der Waals surface area contributed by atoms with Crippen LogP contribution in [0.4, 0.5) is 9.18 Å². The van der Waals surface area contributed by atoms with Gasteiger partial charge in [-0.2, -0.15) is 0 Å². The van der Waals surface area contributed by atoms with Crippen LogP contribution >= 0.6 is 11.8 Å². The lowest BCUT2D eigenvalue weighted by molar-refractivity contribution is -0.124. The zero-order chi connectivity index (χ0) is 20.7. The van der Waals surface area contributed by atoms with Crippen LogP contribution in [0.2, 0.25) is 0 Å². The highest BCUT2D eigenvalue weighted by Crippen LogP contribution is 2.25. The molecule has 0 bridgehead atoms. The van der Waals surface area contributed by atoms with Gasteiger partial charge in [0.25, 0.3) is 0 Å². The fraction of sp³-hybridized carbons (Fsp3) is 0.526. The van der Waals surface area contributed by atoms with Crippen molar-refractivity contribution < 1.29 is 18.7 Å². The molecule has 1 aromatic rings. The molecule has 0 aliphatic carbocycles. The lowest BCUT2D eigenvalue weighted by Crippen LogP contribution is -2.53. The third-order valence-electron chi connectivity index (χ3n) is 3.69. The van der Waals surface area contributed by atoms with Crippen molar-refractivity contribution in [3.8, 4) is 0 Å². The Balaban J connectivity index is 2.72. The molecule has 0 aliphatic rings. The Morgan fingerprint density at radius 1 is 1.15 bits per heavy atom. The molecule has 0 radical (unpaired) electrons. The Labute approximate surface area is 164 Å². The van der Waals surface area contributed by atoms with Gasteiger partial charge in [0.05, 0.1) is 17.2 Å². The number of carbonyl (C=O) groups is 2. The van der Waals surface area contributed by atoms with Crippen molar-refractivity contribution in [3.63, 3.8) is 0 Å². The van der Waals surface area contributed by atoms with E-state index in [0.717, 1.165) is 17.3 Å². The first-order chi connectivity index (χ1) is 12.5. The van der Waals surface area contributed by atoms with Gasteiger partial charge in [-0.25, -0.2) is 9.18 Å². The van der Waals surface area contributed by atoms with Gasteiger partial charge in [-0.15, -0.1) is 0 Å². The molecular formula is C19H28FN3O3S. The number of thioether (sulfide) groups is 1. The van der Waals surface area contributed by atoms with Crippen LogP contribution in [0, 0.1) is 24.1 Å². The molecule has 0 saturated heterocycles. The Morgan fingerprint density at radius 2 is 1.78 bits per heavy atom. The van der Waals surface area contributed by atoms with E-state index in [-0.39, 0.29) is 22.9 Å². The summed E-state index contributed by atoms with van der Waals surface area (Å²) in [4.78, 5) is 25.0. The summed E-state index contributed by atoms with van der Waals surface area (Å²) in [6.45, 7) is 10.6. The highest BCUT2D eigenvalue weighted by atomic mass is 32.2. The number of rotatable bonds is 7. The van der Waals surface area contributed by atoms with Crippen LogP contribution in [0.3, 0.4) is 0 Å². The number of hydrogen-bond acceptors (Lipinski definition) is 5. The lowest BCUT2D eigenvalue weighted by atomic mass is 10.0. The third-order valence-corrected chi connectivity index (χ3v) is 4.92. The average molecular weight is 398 g/mol. The van der Waals surface area contributed by atoms with Crippen LogP contribution < -0.4 is 10.6 Å². The van der Waals surface area contributed by atoms with Gasteiger partial charge in [0.2, 0.25) is 5.91 Å². The van der Waals surface area contributed by atoms with Gasteiger partial charge in [0.1, 0.15) is 11.9 Å². The number of hydrogen-bond donors (Lipinski definition) is 3. The van der Waals surface area contributed by atoms with Crippen molar-refractivity contribution in [3.05, 3.63) is 29.6 Å². The second-order valence-corrected chi connectivity index (χ2v) is 8.01. The van der Waals surface area contributed by atoms with Gasteiger partial charge >= 0.3 is 6.09 Å². The zero-order valence-corrected chi connectivity index (χ0v) is 17.4. The number of halogens is 1. The largest absolute Gasteiger partial charge is 0.447 e. The highest BCUT2D eigenvalue weighted by molar-refractivity contribution is 8.14. The van der Waals surface area contributed by atoms with E-state index in [0.29, 0.717) is 4.90 Å². The molecule has 0 fully saturated rings. The monoisotopic (exact) mass is 397 g/mol. The van der Waals surface area contributed by atoms with Crippen molar-refractivity contribution in [2.75, 3.05) is 0 Å². The summed E-state index contributed by atoms with van der Waals surface area (Å²) in [6.07, 6.45) is -0.953. The van der Waals surface area contributed by atoms with Crippen molar-refractivity contribution in [1.29, 1.82) is 5.41 Å². The van der Waals surface area contributed by atoms with Crippen molar-refractivity contribution in [2.24, 2.45) is 5.92 Å². The van der Waals surface area contributed by atoms with Crippen molar-refractivity contribution >= 4 is 28.8 Å². The Hall–Kier alpha value is -2.09. The van der Waals surface area contributed by atoms with Crippen molar-refractivity contribution in [1.82, 2.24) is 10.6 Å². The predicted molar refractivity (Wildman–Crippen MR) is 106 cm³/mol. The first kappa shape index (κ1) is 23.0. The van der Waals surface area contributed by atoms with Crippen molar-refractivity contribution in [2.45, 2.75) is 64.6 Å². The number of carbonyl (C=O) groups excluding carboxylic acids is 2. The minimum absolute atomic E-state index is 0.163. The van der Waals surface area contributed by atoms with Crippen LogP contribution in [0.1, 0.15) is 40.2 Å². The molecule has 8 heteroatoms. The molecule has 1 rings (SSSR count). The van der Waals surface area contributed by atoms with Crippen LogP contribution in [0.25, 0.3) is 0 Å². The molecule has 2 atom stereocenters. The summed E-state index contributed by atoms with van der Waals surface area (Å²) in [5, 5.41) is 13.6. The first-order valence-electron chi connectivity index (χ1n) is 8.81. The van der Waals surface area contributed by atoms with E-state index in [1.165, 1.54) is 12.1 Å². The van der Waals surface area contributed by atoms with Gasteiger partial charge in [-0.1, -0.05) is 31.7 Å². The van der Waals surface area contributed by atoms with Crippen LogP contribution in [-0.2, 0) is 9.53 Å². The lowest BCUT2D eigenvalue weighted by Gasteiger charge is -2.24. The molecule has 0 aliphatic heterocycles. The van der Waals surface area contributed by atoms with Gasteiger partial charge < -0.3 is 15.4 Å². The normalized spacial score (nSPS) is 13.2. The number of benzene rings is 1. The Bertz CT molecular complexity index is 695. The zero-order valence-electron chi connectivity index (χ0n) is 16.6. The molecule has 0 heterocycles. The maximum atomic E-state index is 13.4. The standard InChI is InChI=1S/C19H28FN3O3S/c1-10(2)16(23-19(25)26-11(3)4)18(24)22-13(6)17(21)27-15-9-14(20)8-7-12(15)5/h7-11,13,16,21H,1-6H3,(H,22,24)(H,23,25). The summed E-state index contributed by atoms with van der Waals surface area (Å²) >= 11 is 1.09. The molecule has 2 amide bonds. The molecule has 27 heavy (non-hydrogen) atoms. The Kier molecular flexibility index (Phi) is 8.75. The summed E-state index contributed by atoms with van der Waals surface area (Å²) in [7, 11) is 0. The number of ether oxygens (including phenoxy) is 1. The van der Waals surface area contributed by atoms with Crippen LogP contribution in [0.15, 0.2) is 23.1 Å². The van der Waals surface area contributed by atoms with Gasteiger partial charge in [-0.3, -0.25) is 10.2 Å². The van der Waals surface area contributed by atoms with E-state index in [1.807, 2.05) is 6.92 Å². The molecule has 150 valence electrons. The van der Waals surface area contributed by atoms with Crippen LogP contribution in [0.5, 0.6) is 0 Å². The smallest absolute Gasteiger partial charge is 0.408 e. The average Bonchev–Trinajstić information content (AvgIpc) is 2.54. The van der Waals surface area contributed by atoms with Gasteiger partial charge in [0.15, 0.2) is 0 Å². The SMILES string of the molecule is Cc1ccc(F)cc1SC(=N)C(C)NC(=O)C(NC(=O)OC(C)C)C(C)C. The second kappa shape index (κ2) is 10.3. The molecule has 3 N–H and O–H groups in total. The number of nitrogens with one attached hydrogen (secondary N) is 3. The predicted octanol–water partition coefficient (Wildman–Crippen LogP) is 3.87. The summed E-state index contributed by atoms with van der Waals surface area (Å²) in [5.41, 5.74) is 0.850. The summed E-state index contributed by atoms with van der Waals surface area (Å²) in [6, 6.07) is 3.00. The van der Waals surface area contributed by atoms with E-state index in [9.17, 15) is 14.0 Å². The number of amides is 2. The topological polar surface area (TPSA) is 91.3 Å². The van der Waals surface area contributed by atoms with E-state index in [1.54, 1.807) is 40.7 Å². The molecule has 0 saturated carbocycles. The Morgan fingerprint density at radius 3 is 2.33 bits per heavy atom. The molecule has 0 spiro atoms.